The molecule has 1 saturated heterocycles. The Morgan fingerprint density at radius 2 is 1.54 bits per heavy atom. The summed E-state index contributed by atoms with van der Waals surface area (Å²) in [4.78, 5) is 18.2. The molecule has 5 nitrogen and oxygen atoms in total. The van der Waals surface area contributed by atoms with Crippen molar-refractivity contribution in [2.75, 3.05) is 13.1 Å². The number of carboxylic acid groups (broad SMARTS) is 2. The van der Waals surface area contributed by atoms with Crippen LogP contribution in [-0.4, -0.2) is 35.2 Å². The molecule has 5 heteroatoms. The van der Waals surface area contributed by atoms with Gasteiger partial charge in [0.1, 0.15) is 0 Å². The summed E-state index contributed by atoms with van der Waals surface area (Å²) in [5.74, 6) is -3.65. The topological polar surface area (TPSA) is 86.6 Å². The Labute approximate surface area is 75.7 Å². The van der Waals surface area contributed by atoms with E-state index in [1.807, 2.05) is 0 Å². The second-order valence-corrected chi connectivity index (χ2v) is 3.57. The summed E-state index contributed by atoms with van der Waals surface area (Å²) in [7, 11) is 0. The van der Waals surface area contributed by atoms with Gasteiger partial charge in [-0.15, -0.1) is 0 Å². The zero-order chi connectivity index (χ0) is 9.90. The van der Waals surface area contributed by atoms with Crippen molar-refractivity contribution in [3.05, 3.63) is 0 Å². The molecule has 2 rings (SSSR count). The van der Waals surface area contributed by atoms with Gasteiger partial charge in [0, 0.05) is 13.1 Å². The van der Waals surface area contributed by atoms with Crippen LogP contribution in [-0.2, 0) is 9.59 Å². The number of hydrogen-bond donors (Lipinski definition) is 3. The maximum Gasteiger partial charge on any atom is 0.414 e. The summed E-state index contributed by atoms with van der Waals surface area (Å²) in [5, 5.41) is 18.1. The molecule has 3 N–H and O–H groups in total. The zero-order valence-corrected chi connectivity index (χ0v) is 7.25. The van der Waals surface area contributed by atoms with Gasteiger partial charge in [-0.2, -0.15) is 0 Å². The molecule has 74 valence electrons. The Kier molecular flexibility index (Phi) is 2.87. The first-order valence-electron chi connectivity index (χ1n) is 4.23. The van der Waals surface area contributed by atoms with Crippen LogP contribution in [0.3, 0.4) is 0 Å². The minimum Gasteiger partial charge on any atom is -0.473 e. The van der Waals surface area contributed by atoms with E-state index in [1.165, 1.54) is 32.4 Å². The van der Waals surface area contributed by atoms with Gasteiger partial charge in [0.25, 0.3) is 0 Å². The number of carboxylic acids is 2. The highest BCUT2D eigenvalue weighted by atomic mass is 16.4. The summed E-state index contributed by atoms with van der Waals surface area (Å²) < 4.78 is 0. The van der Waals surface area contributed by atoms with Crippen LogP contribution in [0.4, 0.5) is 0 Å². The predicted molar refractivity (Wildman–Crippen MR) is 44.4 cm³/mol. The van der Waals surface area contributed by atoms with Gasteiger partial charge in [-0.25, -0.2) is 9.59 Å². The van der Waals surface area contributed by atoms with Gasteiger partial charge in [0.15, 0.2) is 0 Å². The standard InChI is InChI=1S/C6H11N.C2H2O4/c1-2-6(3-1)4-7-5-6;3-1(4)2(5)6/h7H,1-5H2;(H,3,4)(H,5,6). The lowest BCUT2D eigenvalue weighted by Gasteiger charge is -2.49. The second-order valence-electron chi connectivity index (χ2n) is 3.57. The normalized spacial score (nSPS) is 21.8. The zero-order valence-electron chi connectivity index (χ0n) is 7.25. The summed E-state index contributed by atoms with van der Waals surface area (Å²) in [6, 6.07) is 0. The van der Waals surface area contributed by atoms with Gasteiger partial charge in [0.2, 0.25) is 0 Å². The van der Waals surface area contributed by atoms with Gasteiger partial charge < -0.3 is 15.5 Å². The van der Waals surface area contributed by atoms with Crippen molar-refractivity contribution in [3.8, 4) is 0 Å². The average molecular weight is 187 g/mol. The molecule has 0 atom stereocenters. The minimum absolute atomic E-state index is 0.833. The Morgan fingerprint density at radius 3 is 1.54 bits per heavy atom. The molecular formula is C8H13NO4. The molecule has 0 radical (unpaired) electrons. The van der Waals surface area contributed by atoms with E-state index in [0.29, 0.717) is 0 Å². The number of nitrogens with one attached hydrogen (secondary N) is 1. The Balaban J connectivity index is 0.000000133. The fraction of sp³-hybridized carbons (Fsp3) is 0.750. The van der Waals surface area contributed by atoms with Gasteiger partial charge in [-0.05, 0) is 18.3 Å². The molecule has 1 spiro atoms. The summed E-state index contributed by atoms with van der Waals surface area (Å²) in [6.07, 6.45) is 4.49. The molecule has 0 bridgehead atoms. The molecular weight excluding hydrogens is 174 g/mol. The van der Waals surface area contributed by atoms with Crippen LogP contribution < -0.4 is 5.32 Å². The van der Waals surface area contributed by atoms with Crippen LogP contribution in [0.15, 0.2) is 0 Å². The van der Waals surface area contributed by atoms with Crippen LogP contribution in [0.2, 0.25) is 0 Å². The van der Waals surface area contributed by atoms with Crippen molar-refractivity contribution >= 4 is 11.9 Å². The highest BCUT2D eigenvalue weighted by Crippen LogP contribution is 2.43. The Bertz CT molecular complexity index is 191. The van der Waals surface area contributed by atoms with E-state index in [-0.39, 0.29) is 0 Å². The van der Waals surface area contributed by atoms with E-state index in [0.717, 1.165) is 5.41 Å². The van der Waals surface area contributed by atoms with Crippen LogP contribution >= 0.6 is 0 Å². The lowest BCUT2D eigenvalue weighted by atomic mass is 9.65. The maximum atomic E-state index is 9.10. The smallest absolute Gasteiger partial charge is 0.414 e. The highest BCUT2D eigenvalue weighted by molar-refractivity contribution is 6.27. The first-order chi connectivity index (χ1) is 6.06. The number of carbonyl (C=O) groups is 2. The third-order valence-corrected chi connectivity index (χ3v) is 2.60. The third kappa shape index (κ3) is 2.42. The molecule has 13 heavy (non-hydrogen) atoms. The molecule has 2 fully saturated rings. The highest BCUT2D eigenvalue weighted by Gasteiger charge is 2.41. The number of aliphatic carboxylic acids is 2. The SMILES string of the molecule is C1CC2(C1)CNC2.O=C(O)C(=O)O. The summed E-state index contributed by atoms with van der Waals surface area (Å²) >= 11 is 0. The molecule has 1 aliphatic carbocycles. The van der Waals surface area contributed by atoms with Crippen molar-refractivity contribution in [1.29, 1.82) is 0 Å². The van der Waals surface area contributed by atoms with E-state index < -0.39 is 11.9 Å². The lowest BCUT2D eigenvalue weighted by molar-refractivity contribution is -0.159. The van der Waals surface area contributed by atoms with Crippen LogP contribution in [0, 0.1) is 5.41 Å². The van der Waals surface area contributed by atoms with Gasteiger partial charge >= 0.3 is 11.9 Å². The molecule has 2 aliphatic rings. The summed E-state index contributed by atoms with van der Waals surface area (Å²) in [5.41, 5.74) is 0.833. The third-order valence-electron chi connectivity index (χ3n) is 2.60. The monoisotopic (exact) mass is 187 g/mol. The molecule has 0 unspecified atom stereocenters. The fourth-order valence-electron chi connectivity index (χ4n) is 1.51. The molecule has 0 aromatic carbocycles. The number of rotatable bonds is 0. The van der Waals surface area contributed by atoms with Gasteiger partial charge in [-0.3, -0.25) is 0 Å². The minimum atomic E-state index is -1.82. The Hall–Kier alpha value is -1.10. The first-order valence-corrected chi connectivity index (χ1v) is 4.23. The second kappa shape index (κ2) is 3.74. The van der Waals surface area contributed by atoms with Crippen molar-refractivity contribution < 1.29 is 19.8 Å². The molecule has 1 aliphatic heterocycles. The first kappa shape index (κ1) is 9.98. The Morgan fingerprint density at radius 1 is 1.08 bits per heavy atom. The van der Waals surface area contributed by atoms with Crippen molar-refractivity contribution in [3.63, 3.8) is 0 Å². The molecule has 0 aromatic heterocycles. The quantitative estimate of drug-likeness (QED) is 0.461. The van der Waals surface area contributed by atoms with E-state index in [4.69, 9.17) is 19.8 Å². The summed E-state index contributed by atoms with van der Waals surface area (Å²) in [6.45, 7) is 2.62. The van der Waals surface area contributed by atoms with E-state index >= 15 is 0 Å². The fourth-order valence-corrected chi connectivity index (χ4v) is 1.51. The van der Waals surface area contributed by atoms with Crippen molar-refractivity contribution in [1.82, 2.24) is 5.32 Å². The molecule has 1 saturated carbocycles. The molecule has 0 amide bonds. The van der Waals surface area contributed by atoms with E-state index in [1.54, 1.807) is 0 Å². The van der Waals surface area contributed by atoms with Crippen LogP contribution in [0.1, 0.15) is 19.3 Å². The van der Waals surface area contributed by atoms with Gasteiger partial charge in [-0.1, -0.05) is 6.42 Å². The maximum absolute atomic E-state index is 9.10. The van der Waals surface area contributed by atoms with Crippen molar-refractivity contribution in [2.45, 2.75) is 19.3 Å². The average Bonchev–Trinajstić information content (AvgIpc) is 1.80. The molecule has 1 heterocycles. The molecule has 0 aromatic rings. The lowest BCUT2D eigenvalue weighted by Crippen LogP contribution is -2.57. The predicted octanol–water partition coefficient (Wildman–Crippen LogP) is -0.0845. The van der Waals surface area contributed by atoms with Crippen molar-refractivity contribution in [2.24, 2.45) is 5.41 Å². The van der Waals surface area contributed by atoms with Crippen LogP contribution in [0.5, 0.6) is 0 Å². The van der Waals surface area contributed by atoms with Gasteiger partial charge in [0.05, 0.1) is 0 Å². The van der Waals surface area contributed by atoms with E-state index in [2.05, 4.69) is 5.32 Å². The number of hydrogen-bond acceptors (Lipinski definition) is 3. The van der Waals surface area contributed by atoms with E-state index in [9.17, 15) is 0 Å². The largest absolute Gasteiger partial charge is 0.473 e. The van der Waals surface area contributed by atoms with Crippen LogP contribution in [0.25, 0.3) is 0 Å².